The molecule has 3 rings (SSSR count). The number of halogens is 1. The Labute approximate surface area is 160 Å². The number of nitrogens with zero attached hydrogens (tertiary/aromatic N) is 2. The number of hydrogen-bond acceptors (Lipinski definition) is 7. The first-order valence-electron chi connectivity index (χ1n) is 7.92. The normalized spacial score (nSPS) is 16.8. The number of esters is 1. The van der Waals surface area contributed by atoms with E-state index < -0.39 is 11.9 Å². The summed E-state index contributed by atoms with van der Waals surface area (Å²) in [4.78, 5) is 16.8. The number of pyridine rings is 1. The molecule has 1 aromatic carbocycles. The smallest absolute Gasteiger partial charge is 0.338 e. The van der Waals surface area contributed by atoms with Gasteiger partial charge in [0.1, 0.15) is 28.3 Å². The highest BCUT2D eigenvalue weighted by Crippen LogP contribution is 2.42. The fourth-order valence-corrected chi connectivity index (χ4v) is 3.29. The second-order valence-corrected chi connectivity index (χ2v) is 6.17. The number of nitrogens with two attached hydrogens (primary N) is 1. The summed E-state index contributed by atoms with van der Waals surface area (Å²) in [7, 11) is 2.81. The van der Waals surface area contributed by atoms with E-state index in [9.17, 15) is 10.1 Å². The summed E-state index contributed by atoms with van der Waals surface area (Å²) in [6.07, 6.45) is 0. The van der Waals surface area contributed by atoms with Crippen molar-refractivity contribution in [3.8, 4) is 11.8 Å². The zero-order chi connectivity index (χ0) is 19.7. The van der Waals surface area contributed by atoms with Gasteiger partial charge in [0.05, 0.1) is 31.2 Å². The van der Waals surface area contributed by atoms with Gasteiger partial charge in [-0.3, -0.25) is 0 Å². The highest BCUT2D eigenvalue weighted by atomic mass is 35.5. The fourth-order valence-electron chi connectivity index (χ4n) is 3.04. The van der Waals surface area contributed by atoms with Gasteiger partial charge < -0.3 is 19.9 Å². The van der Waals surface area contributed by atoms with Crippen LogP contribution in [0.1, 0.15) is 18.4 Å². The summed E-state index contributed by atoms with van der Waals surface area (Å²) in [5.74, 6) is -0.683. The van der Waals surface area contributed by atoms with E-state index in [1.165, 1.54) is 7.11 Å². The first-order chi connectivity index (χ1) is 12.9. The third-order valence-corrected chi connectivity index (χ3v) is 4.63. The fraction of sp³-hybridized carbons (Fsp3) is 0.211. The SMILES string of the molecule is COC(=O)C1=C(C)OC(N)=C(C#N)[C@@H]1c1cc2ccc(OC)cc2nc1Cl. The molecule has 8 heteroatoms. The lowest BCUT2D eigenvalue weighted by molar-refractivity contribution is -0.136. The Morgan fingerprint density at radius 3 is 2.74 bits per heavy atom. The van der Waals surface area contributed by atoms with Crippen LogP contribution in [0.15, 0.2) is 47.1 Å². The van der Waals surface area contributed by atoms with Gasteiger partial charge in [-0.1, -0.05) is 11.6 Å². The predicted molar refractivity (Wildman–Crippen MR) is 98.7 cm³/mol. The molecular weight excluding hydrogens is 370 g/mol. The number of aromatic nitrogens is 1. The average Bonchev–Trinajstić information content (AvgIpc) is 2.65. The van der Waals surface area contributed by atoms with Crippen molar-refractivity contribution in [3.63, 3.8) is 0 Å². The monoisotopic (exact) mass is 385 g/mol. The number of carbonyl (C=O) groups excluding carboxylic acids is 1. The lowest BCUT2D eigenvalue weighted by atomic mass is 9.83. The largest absolute Gasteiger partial charge is 0.497 e. The quantitative estimate of drug-likeness (QED) is 0.638. The zero-order valence-corrected chi connectivity index (χ0v) is 15.6. The van der Waals surface area contributed by atoms with Crippen LogP contribution in [0, 0.1) is 11.3 Å². The van der Waals surface area contributed by atoms with Crippen LogP contribution in [0.2, 0.25) is 5.15 Å². The van der Waals surface area contributed by atoms with Gasteiger partial charge in [0, 0.05) is 17.0 Å². The van der Waals surface area contributed by atoms with E-state index in [2.05, 4.69) is 4.98 Å². The van der Waals surface area contributed by atoms with E-state index in [1.54, 1.807) is 32.2 Å². The molecule has 7 nitrogen and oxygen atoms in total. The first-order valence-corrected chi connectivity index (χ1v) is 8.29. The molecule has 2 aromatic rings. The van der Waals surface area contributed by atoms with Crippen LogP contribution in [-0.2, 0) is 14.3 Å². The standard InChI is InChI=1S/C19H16ClN3O4/c1-9-15(19(24)26-3)16(13(8-21)18(22)27-9)12-6-10-4-5-11(25-2)7-14(10)23-17(12)20/h4-7,16H,22H2,1-3H3/t16-/m0/s1. The summed E-state index contributed by atoms with van der Waals surface area (Å²) in [6, 6.07) is 9.11. The predicted octanol–water partition coefficient (Wildman–Crippen LogP) is 3.15. The molecule has 0 amide bonds. The molecule has 0 saturated heterocycles. The molecule has 2 heterocycles. The number of benzene rings is 1. The summed E-state index contributed by atoms with van der Waals surface area (Å²) in [6.45, 7) is 1.58. The van der Waals surface area contributed by atoms with Gasteiger partial charge in [0.2, 0.25) is 5.88 Å². The minimum absolute atomic E-state index is 0.0672. The van der Waals surface area contributed by atoms with E-state index in [0.29, 0.717) is 16.8 Å². The van der Waals surface area contributed by atoms with Crippen LogP contribution < -0.4 is 10.5 Å². The van der Waals surface area contributed by atoms with Crippen LogP contribution in [0.25, 0.3) is 10.9 Å². The van der Waals surface area contributed by atoms with Crippen molar-refractivity contribution < 1.29 is 19.0 Å². The molecule has 0 unspecified atom stereocenters. The van der Waals surface area contributed by atoms with Crippen LogP contribution in [0.4, 0.5) is 0 Å². The Bertz CT molecular complexity index is 1050. The summed E-state index contributed by atoms with van der Waals surface area (Å²) >= 11 is 6.42. The van der Waals surface area contributed by atoms with Crippen molar-refractivity contribution in [3.05, 3.63) is 57.8 Å². The molecule has 0 aliphatic carbocycles. The van der Waals surface area contributed by atoms with E-state index in [-0.39, 0.29) is 27.9 Å². The lowest BCUT2D eigenvalue weighted by Crippen LogP contribution is -2.25. The Kier molecular flexibility index (Phi) is 4.93. The minimum Gasteiger partial charge on any atom is -0.497 e. The maximum Gasteiger partial charge on any atom is 0.338 e. The van der Waals surface area contributed by atoms with Crippen molar-refractivity contribution in [2.45, 2.75) is 12.8 Å². The molecule has 27 heavy (non-hydrogen) atoms. The molecule has 0 fully saturated rings. The molecule has 138 valence electrons. The molecule has 1 aliphatic rings. The zero-order valence-electron chi connectivity index (χ0n) is 14.9. The Balaban J connectivity index is 2.27. The van der Waals surface area contributed by atoms with Crippen molar-refractivity contribution in [2.75, 3.05) is 14.2 Å². The van der Waals surface area contributed by atoms with Crippen LogP contribution in [0.3, 0.4) is 0 Å². The molecule has 0 bridgehead atoms. The first kappa shape index (κ1) is 18.5. The number of allylic oxidation sites excluding steroid dienone is 2. The topological polar surface area (TPSA) is 107 Å². The van der Waals surface area contributed by atoms with Crippen LogP contribution in [0.5, 0.6) is 5.75 Å². The van der Waals surface area contributed by atoms with Gasteiger partial charge in [-0.2, -0.15) is 5.26 Å². The highest BCUT2D eigenvalue weighted by Gasteiger charge is 2.37. The molecule has 1 aromatic heterocycles. The van der Waals surface area contributed by atoms with Crippen LogP contribution >= 0.6 is 11.6 Å². The highest BCUT2D eigenvalue weighted by molar-refractivity contribution is 6.30. The van der Waals surface area contributed by atoms with Crippen molar-refractivity contribution in [1.82, 2.24) is 4.98 Å². The van der Waals surface area contributed by atoms with Gasteiger partial charge in [0.25, 0.3) is 0 Å². The van der Waals surface area contributed by atoms with E-state index in [4.69, 9.17) is 31.5 Å². The van der Waals surface area contributed by atoms with Gasteiger partial charge in [-0.05, 0) is 25.1 Å². The van der Waals surface area contributed by atoms with Gasteiger partial charge in [-0.15, -0.1) is 0 Å². The number of methoxy groups -OCH3 is 2. The van der Waals surface area contributed by atoms with Gasteiger partial charge in [-0.25, -0.2) is 9.78 Å². The van der Waals surface area contributed by atoms with Crippen molar-refractivity contribution in [1.29, 1.82) is 5.26 Å². The number of carbonyl (C=O) groups is 1. The second kappa shape index (κ2) is 7.17. The van der Waals surface area contributed by atoms with Crippen LogP contribution in [-0.4, -0.2) is 25.2 Å². The summed E-state index contributed by atoms with van der Waals surface area (Å²) < 4.78 is 15.4. The van der Waals surface area contributed by atoms with Gasteiger partial charge in [0.15, 0.2) is 0 Å². The van der Waals surface area contributed by atoms with Crippen molar-refractivity contribution in [2.24, 2.45) is 5.73 Å². The third-order valence-electron chi connectivity index (χ3n) is 4.33. The number of ether oxygens (including phenoxy) is 3. The third kappa shape index (κ3) is 3.15. The van der Waals surface area contributed by atoms with E-state index in [0.717, 1.165) is 5.39 Å². The number of fused-ring (bicyclic) bond motifs is 1. The summed E-state index contributed by atoms with van der Waals surface area (Å²) in [5, 5.41) is 10.5. The molecule has 1 aliphatic heterocycles. The molecule has 1 atom stereocenters. The maximum absolute atomic E-state index is 12.4. The molecule has 0 spiro atoms. The maximum atomic E-state index is 12.4. The molecule has 0 saturated carbocycles. The average molecular weight is 386 g/mol. The Morgan fingerprint density at radius 2 is 2.11 bits per heavy atom. The molecule has 0 radical (unpaired) electrons. The Hall–Kier alpha value is -3.24. The number of nitriles is 1. The number of rotatable bonds is 3. The lowest BCUT2D eigenvalue weighted by Gasteiger charge is -2.27. The minimum atomic E-state index is -0.845. The second-order valence-electron chi connectivity index (χ2n) is 5.81. The number of hydrogen-bond donors (Lipinski definition) is 1. The molecule has 2 N–H and O–H groups in total. The van der Waals surface area contributed by atoms with Crippen molar-refractivity contribution >= 4 is 28.5 Å². The van der Waals surface area contributed by atoms with E-state index in [1.807, 2.05) is 12.1 Å². The van der Waals surface area contributed by atoms with Gasteiger partial charge >= 0.3 is 5.97 Å². The van der Waals surface area contributed by atoms with E-state index >= 15 is 0 Å². The Morgan fingerprint density at radius 1 is 1.37 bits per heavy atom. The summed E-state index contributed by atoms with van der Waals surface area (Å²) in [5.41, 5.74) is 7.17. The molecular formula is C19H16ClN3O4.